The molecule has 1 saturated carbocycles. The van der Waals surface area contributed by atoms with E-state index in [9.17, 15) is 9.90 Å². The van der Waals surface area contributed by atoms with Crippen molar-refractivity contribution >= 4 is 5.97 Å². The maximum atomic E-state index is 11.3. The largest absolute Gasteiger partial charge is 0.481 e. The summed E-state index contributed by atoms with van der Waals surface area (Å²) in [5, 5.41) is 9.25. The summed E-state index contributed by atoms with van der Waals surface area (Å²) in [6, 6.07) is 9.90. The first-order valence-electron chi connectivity index (χ1n) is 5.96. The molecular weight excluding hydrogens is 228 g/mol. The highest BCUT2D eigenvalue weighted by Gasteiger charge is 2.59. The zero-order valence-corrected chi connectivity index (χ0v) is 9.86. The average molecular weight is 242 g/mol. The van der Waals surface area contributed by atoms with Crippen LogP contribution in [0.4, 0.5) is 0 Å². The number of hydrogen-bond donors (Lipinski definition) is 1. The lowest BCUT2D eigenvalue weighted by atomic mass is 9.93. The number of nitrogens with zero attached hydrogens (tertiary/aromatic N) is 2. The van der Waals surface area contributed by atoms with Gasteiger partial charge in [-0.05, 0) is 12.0 Å². The van der Waals surface area contributed by atoms with Crippen LogP contribution in [0.15, 0.2) is 49.1 Å². The number of hydrogen-bond acceptors (Lipinski definition) is 2. The van der Waals surface area contributed by atoms with E-state index < -0.39 is 5.97 Å². The SMILES string of the molecule is O=C(O)C1CC1(Cn1ccnc1)c1ccccc1. The Hall–Kier alpha value is -2.10. The zero-order valence-electron chi connectivity index (χ0n) is 9.86. The van der Waals surface area contributed by atoms with Crippen molar-refractivity contribution in [3.05, 3.63) is 54.6 Å². The Morgan fingerprint density at radius 1 is 1.44 bits per heavy atom. The number of imidazole rings is 1. The molecule has 0 bridgehead atoms. The molecule has 2 atom stereocenters. The van der Waals surface area contributed by atoms with E-state index in [1.54, 1.807) is 12.5 Å². The average Bonchev–Trinajstić information content (AvgIpc) is 2.89. The number of carboxylic acid groups (broad SMARTS) is 1. The van der Waals surface area contributed by atoms with Gasteiger partial charge < -0.3 is 9.67 Å². The number of aliphatic carboxylic acids is 1. The van der Waals surface area contributed by atoms with Gasteiger partial charge in [-0.3, -0.25) is 4.79 Å². The molecule has 0 amide bonds. The van der Waals surface area contributed by atoms with Gasteiger partial charge in [-0.2, -0.15) is 0 Å². The lowest BCUT2D eigenvalue weighted by Gasteiger charge is -2.17. The van der Waals surface area contributed by atoms with Crippen molar-refractivity contribution in [1.29, 1.82) is 0 Å². The molecule has 3 rings (SSSR count). The molecule has 0 spiro atoms. The predicted octanol–water partition coefficient (Wildman–Crippen LogP) is 1.93. The van der Waals surface area contributed by atoms with Gasteiger partial charge in [0, 0.05) is 24.4 Å². The summed E-state index contributed by atoms with van der Waals surface area (Å²) < 4.78 is 1.95. The van der Waals surface area contributed by atoms with Crippen LogP contribution >= 0.6 is 0 Å². The molecule has 0 radical (unpaired) electrons. The Morgan fingerprint density at radius 2 is 2.22 bits per heavy atom. The molecule has 4 heteroatoms. The van der Waals surface area contributed by atoms with E-state index in [1.807, 2.05) is 41.1 Å². The van der Waals surface area contributed by atoms with Crippen LogP contribution in [-0.2, 0) is 16.8 Å². The van der Waals surface area contributed by atoms with Crippen molar-refractivity contribution in [2.45, 2.75) is 18.4 Å². The third kappa shape index (κ3) is 1.70. The van der Waals surface area contributed by atoms with Gasteiger partial charge in [-0.25, -0.2) is 4.98 Å². The van der Waals surface area contributed by atoms with Crippen molar-refractivity contribution in [2.24, 2.45) is 5.92 Å². The monoisotopic (exact) mass is 242 g/mol. The second-order valence-electron chi connectivity index (χ2n) is 4.85. The minimum absolute atomic E-state index is 0.270. The van der Waals surface area contributed by atoms with Crippen LogP contribution in [0.2, 0.25) is 0 Å². The van der Waals surface area contributed by atoms with Crippen molar-refractivity contribution < 1.29 is 9.90 Å². The standard InChI is InChI=1S/C14H14N2O2/c17-13(18)12-8-14(12,9-16-7-6-15-10-16)11-4-2-1-3-5-11/h1-7,10,12H,8-9H2,(H,17,18). The van der Waals surface area contributed by atoms with Crippen LogP contribution in [0.3, 0.4) is 0 Å². The van der Waals surface area contributed by atoms with Crippen molar-refractivity contribution in [1.82, 2.24) is 9.55 Å². The van der Waals surface area contributed by atoms with Gasteiger partial charge in [0.2, 0.25) is 0 Å². The Balaban J connectivity index is 1.94. The van der Waals surface area contributed by atoms with E-state index in [1.165, 1.54) is 0 Å². The Labute approximate surface area is 105 Å². The molecule has 1 aromatic heterocycles. The molecule has 1 aliphatic carbocycles. The third-order valence-electron chi connectivity index (χ3n) is 3.75. The summed E-state index contributed by atoms with van der Waals surface area (Å²) in [5.41, 5.74) is 0.833. The molecule has 1 aromatic carbocycles. The molecule has 0 aliphatic heterocycles. The third-order valence-corrected chi connectivity index (χ3v) is 3.75. The van der Waals surface area contributed by atoms with Crippen LogP contribution in [0, 0.1) is 5.92 Å². The lowest BCUT2D eigenvalue weighted by molar-refractivity contribution is -0.139. The highest BCUT2D eigenvalue weighted by atomic mass is 16.4. The summed E-state index contributed by atoms with van der Waals surface area (Å²) in [4.78, 5) is 15.3. The molecule has 1 N–H and O–H groups in total. The van der Waals surface area contributed by atoms with Crippen molar-refractivity contribution in [2.75, 3.05) is 0 Å². The van der Waals surface area contributed by atoms with Gasteiger partial charge in [-0.1, -0.05) is 30.3 Å². The summed E-state index contributed by atoms with van der Waals surface area (Å²) in [6.07, 6.45) is 6.03. The van der Waals surface area contributed by atoms with Crippen molar-refractivity contribution in [3.8, 4) is 0 Å². The fourth-order valence-electron chi connectivity index (χ4n) is 2.69. The predicted molar refractivity (Wildman–Crippen MR) is 66.1 cm³/mol. The zero-order chi connectivity index (χ0) is 12.6. The molecule has 1 fully saturated rings. The van der Waals surface area contributed by atoms with Crippen LogP contribution < -0.4 is 0 Å². The maximum Gasteiger partial charge on any atom is 0.307 e. The number of benzene rings is 1. The van der Waals surface area contributed by atoms with Gasteiger partial charge >= 0.3 is 5.97 Å². The van der Waals surface area contributed by atoms with Gasteiger partial charge in [0.1, 0.15) is 0 Å². The van der Waals surface area contributed by atoms with Crippen LogP contribution in [0.5, 0.6) is 0 Å². The van der Waals surface area contributed by atoms with E-state index in [-0.39, 0.29) is 11.3 Å². The normalized spacial score (nSPS) is 25.9. The van der Waals surface area contributed by atoms with Gasteiger partial charge in [0.25, 0.3) is 0 Å². The Bertz CT molecular complexity index is 550. The van der Waals surface area contributed by atoms with E-state index >= 15 is 0 Å². The number of rotatable bonds is 4. The molecular formula is C14H14N2O2. The van der Waals surface area contributed by atoms with Crippen LogP contribution in [-0.4, -0.2) is 20.6 Å². The molecule has 0 saturated heterocycles. The fraction of sp³-hybridized carbons (Fsp3) is 0.286. The smallest absolute Gasteiger partial charge is 0.307 e. The molecule has 92 valence electrons. The molecule has 2 unspecified atom stereocenters. The molecule has 1 aliphatic rings. The first-order chi connectivity index (χ1) is 8.72. The summed E-state index contributed by atoms with van der Waals surface area (Å²) >= 11 is 0. The molecule has 1 heterocycles. The van der Waals surface area contributed by atoms with E-state index in [0.717, 1.165) is 5.56 Å². The van der Waals surface area contributed by atoms with Crippen LogP contribution in [0.1, 0.15) is 12.0 Å². The van der Waals surface area contributed by atoms with Gasteiger partial charge in [0.15, 0.2) is 0 Å². The van der Waals surface area contributed by atoms with Gasteiger partial charge in [-0.15, -0.1) is 0 Å². The van der Waals surface area contributed by atoms with E-state index in [4.69, 9.17) is 0 Å². The summed E-state index contributed by atoms with van der Waals surface area (Å²) in [7, 11) is 0. The maximum absolute atomic E-state index is 11.3. The number of carboxylic acids is 1. The van der Waals surface area contributed by atoms with E-state index in [2.05, 4.69) is 4.98 Å². The van der Waals surface area contributed by atoms with E-state index in [0.29, 0.717) is 13.0 Å². The first kappa shape index (κ1) is 11.0. The molecule has 18 heavy (non-hydrogen) atoms. The Kier molecular flexibility index (Phi) is 2.44. The second-order valence-corrected chi connectivity index (χ2v) is 4.85. The Morgan fingerprint density at radius 3 is 2.78 bits per heavy atom. The number of carbonyl (C=O) groups is 1. The molecule has 4 nitrogen and oxygen atoms in total. The summed E-state index contributed by atoms with van der Waals surface area (Å²) in [6.45, 7) is 0.675. The highest BCUT2D eigenvalue weighted by molar-refractivity contribution is 5.77. The summed E-state index contributed by atoms with van der Waals surface area (Å²) in [5.74, 6) is -0.999. The first-order valence-corrected chi connectivity index (χ1v) is 5.96. The number of aromatic nitrogens is 2. The highest BCUT2D eigenvalue weighted by Crippen LogP contribution is 2.55. The lowest BCUT2D eigenvalue weighted by Crippen LogP contribution is -2.21. The quantitative estimate of drug-likeness (QED) is 0.891. The minimum atomic E-state index is -0.709. The topological polar surface area (TPSA) is 55.1 Å². The fourth-order valence-corrected chi connectivity index (χ4v) is 2.69. The molecule has 2 aromatic rings. The van der Waals surface area contributed by atoms with Crippen LogP contribution in [0.25, 0.3) is 0 Å². The van der Waals surface area contributed by atoms with Gasteiger partial charge in [0.05, 0.1) is 12.2 Å². The van der Waals surface area contributed by atoms with Crippen molar-refractivity contribution in [3.63, 3.8) is 0 Å². The minimum Gasteiger partial charge on any atom is -0.481 e. The second kappa shape index (κ2) is 3.98.